The maximum Gasteiger partial charge on any atom is 0.159 e. The molecule has 0 atom stereocenters. The van der Waals surface area contributed by atoms with Crippen LogP contribution in [0.2, 0.25) is 0 Å². The third-order valence-corrected chi connectivity index (χ3v) is 16.6. The van der Waals surface area contributed by atoms with E-state index in [1.807, 2.05) is 17.4 Å². The summed E-state index contributed by atoms with van der Waals surface area (Å²) in [4.78, 5) is 4.82. The predicted molar refractivity (Wildman–Crippen MR) is 319 cm³/mol. The molecular formula is C70H42N2O2S. The van der Waals surface area contributed by atoms with E-state index in [2.05, 4.69) is 259 Å². The van der Waals surface area contributed by atoms with Crippen LogP contribution in [0.1, 0.15) is 0 Å². The molecule has 16 aromatic rings. The van der Waals surface area contributed by atoms with E-state index in [1.165, 1.54) is 58.2 Å². The van der Waals surface area contributed by atoms with Gasteiger partial charge in [-0.15, -0.1) is 11.3 Å². The van der Waals surface area contributed by atoms with E-state index in [9.17, 15) is 0 Å². The minimum atomic E-state index is 0.805. The first-order valence-corrected chi connectivity index (χ1v) is 26.3. The highest BCUT2D eigenvalue weighted by atomic mass is 32.1. The van der Waals surface area contributed by atoms with Crippen LogP contribution in [0.5, 0.6) is 0 Å². The smallest absolute Gasteiger partial charge is 0.159 e. The molecule has 0 aliphatic heterocycles. The molecule has 0 aliphatic rings. The van der Waals surface area contributed by atoms with Crippen molar-refractivity contribution < 1.29 is 8.83 Å². The molecule has 0 saturated carbocycles. The quantitative estimate of drug-likeness (QED) is 0.149. The van der Waals surface area contributed by atoms with Gasteiger partial charge in [0.05, 0.1) is 33.1 Å². The summed E-state index contributed by atoms with van der Waals surface area (Å²) in [6, 6.07) is 92.2. The normalized spacial score (nSPS) is 12.0. The second-order valence-corrected chi connectivity index (χ2v) is 20.6. The molecule has 0 spiro atoms. The van der Waals surface area contributed by atoms with Crippen molar-refractivity contribution in [2.24, 2.45) is 0 Å². The zero-order valence-corrected chi connectivity index (χ0v) is 41.2. The molecular weight excluding hydrogens is 933 g/mol. The lowest BCUT2D eigenvalue weighted by Gasteiger charge is -2.28. The fraction of sp³-hybridized carbons (Fsp3) is 0. The number of anilines is 6. The Morgan fingerprint density at radius 3 is 1.52 bits per heavy atom. The Kier molecular flexibility index (Phi) is 9.17. The van der Waals surface area contributed by atoms with Crippen molar-refractivity contribution in [3.8, 4) is 11.1 Å². The summed E-state index contributed by atoms with van der Waals surface area (Å²) in [5, 5.41) is 16.3. The molecule has 0 radical (unpaired) electrons. The molecule has 13 aromatic carbocycles. The Labute approximate surface area is 434 Å². The minimum absolute atomic E-state index is 0.805. The summed E-state index contributed by atoms with van der Waals surface area (Å²) < 4.78 is 16.5. The molecule has 0 aliphatic carbocycles. The van der Waals surface area contributed by atoms with E-state index in [4.69, 9.17) is 8.83 Å². The SMILES string of the molecule is c1ccc(N(c2cc3cc(-c4ccc5oc6c(N(c7cc8ccccc8c8ccccc78)c7cccc8c7oc7ccccc78)cccc6c5c4)ccc3c3ccccc23)c2cccc3c2sc2ccccc23)cc1. The van der Waals surface area contributed by atoms with Gasteiger partial charge in [0.2, 0.25) is 0 Å². The number of para-hydroxylation sites is 4. The van der Waals surface area contributed by atoms with Gasteiger partial charge in [-0.2, -0.15) is 0 Å². The van der Waals surface area contributed by atoms with Gasteiger partial charge in [0.15, 0.2) is 11.2 Å². The van der Waals surface area contributed by atoms with Crippen LogP contribution in [0.25, 0.3) is 118 Å². The Bertz CT molecular complexity index is 4990. The Morgan fingerprint density at radius 2 is 0.773 bits per heavy atom. The zero-order chi connectivity index (χ0) is 49.1. The largest absolute Gasteiger partial charge is 0.454 e. The van der Waals surface area contributed by atoms with Crippen LogP contribution in [-0.2, 0) is 0 Å². The molecule has 350 valence electrons. The van der Waals surface area contributed by atoms with Crippen molar-refractivity contribution in [1.82, 2.24) is 0 Å². The van der Waals surface area contributed by atoms with Crippen molar-refractivity contribution in [2.45, 2.75) is 0 Å². The lowest BCUT2D eigenvalue weighted by Crippen LogP contribution is -2.11. The highest BCUT2D eigenvalue weighted by Crippen LogP contribution is 2.51. The van der Waals surface area contributed by atoms with Crippen molar-refractivity contribution in [1.29, 1.82) is 0 Å². The number of rotatable bonds is 7. The van der Waals surface area contributed by atoms with E-state index in [-0.39, 0.29) is 0 Å². The van der Waals surface area contributed by atoms with Crippen molar-refractivity contribution >= 4 is 153 Å². The van der Waals surface area contributed by atoms with Crippen LogP contribution < -0.4 is 9.80 Å². The number of hydrogen-bond acceptors (Lipinski definition) is 5. The number of benzene rings is 13. The first kappa shape index (κ1) is 41.9. The highest BCUT2D eigenvalue weighted by Gasteiger charge is 2.26. The Balaban J connectivity index is 0.886. The second kappa shape index (κ2) is 16.4. The third-order valence-electron chi connectivity index (χ3n) is 15.4. The average Bonchev–Trinajstić information content (AvgIpc) is 4.18. The number of furan rings is 2. The molecule has 16 rings (SSSR count). The molecule has 0 N–H and O–H groups in total. The third kappa shape index (κ3) is 6.42. The topological polar surface area (TPSA) is 32.8 Å². The molecule has 4 nitrogen and oxygen atoms in total. The van der Waals surface area contributed by atoms with Crippen LogP contribution >= 0.6 is 11.3 Å². The van der Waals surface area contributed by atoms with Crippen LogP contribution in [0, 0.1) is 0 Å². The van der Waals surface area contributed by atoms with Gasteiger partial charge in [0.25, 0.3) is 0 Å². The number of hydrogen-bond donors (Lipinski definition) is 0. The molecule has 0 fully saturated rings. The molecule has 0 saturated heterocycles. The van der Waals surface area contributed by atoms with Gasteiger partial charge in [-0.05, 0) is 116 Å². The Hall–Kier alpha value is -9.68. The molecule has 0 unspecified atom stereocenters. The van der Waals surface area contributed by atoms with E-state index in [0.29, 0.717) is 0 Å². The van der Waals surface area contributed by atoms with Crippen LogP contribution in [-0.4, -0.2) is 0 Å². The highest BCUT2D eigenvalue weighted by molar-refractivity contribution is 7.26. The monoisotopic (exact) mass is 974 g/mol. The van der Waals surface area contributed by atoms with Gasteiger partial charge in [-0.1, -0.05) is 182 Å². The molecule has 5 heteroatoms. The zero-order valence-electron chi connectivity index (χ0n) is 40.4. The maximum absolute atomic E-state index is 7.09. The maximum atomic E-state index is 7.09. The first-order valence-electron chi connectivity index (χ1n) is 25.5. The summed E-state index contributed by atoms with van der Waals surface area (Å²) >= 11 is 1.86. The molecule has 75 heavy (non-hydrogen) atoms. The second-order valence-electron chi connectivity index (χ2n) is 19.5. The summed E-state index contributed by atoms with van der Waals surface area (Å²) in [6.45, 7) is 0. The van der Waals surface area contributed by atoms with E-state index >= 15 is 0 Å². The van der Waals surface area contributed by atoms with Gasteiger partial charge in [0, 0.05) is 53.5 Å². The van der Waals surface area contributed by atoms with E-state index in [1.54, 1.807) is 0 Å². The van der Waals surface area contributed by atoms with Crippen LogP contribution in [0.3, 0.4) is 0 Å². The van der Waals surface area contributed by atoms with E-state index < -0.39 is 0 Å². The number of thiophene rings is 1. The standard InChI is InChI=1S/C70H42N2O2S/c1-2-18-47(19-3-1)71(62-32-16-29-58-55-26-11-13-34-67(55)75-70(58)62)63-42-46-39-43(35-37-49(46)51-22-7-8-23-52(51)63)44-36-38-66-59(40-44)57-28-15-31-61(69(57)74-66)72(60-30-14-27-56-54-25-10-12-33-65(54)73-68(56)60)64-41-45-17-4-5-20-48(45)50-21-6-9-24-53(50)64/h1-42H. The van der Waals surface area contributed by atoms with Crippen LogP contribution in [0.4, 0.5) is 34.1 Å². The van der Waals surface area contributed by atoms with Gasteiger partial charge >= 0.3 is 0 Å². The fourth-order valence-corrected chi connectivity index (χ4v) is 13.2. The summed E-state index contributed by atoms with van der Waals surface area (Å²) in [5.74, 6) is 0. The molecule has 3 heterocycles. The first-order chi connectivity index (χ1) is 37.2. The van der Waals surface area contributed by atoms with Crippen molar-refractivity contribution in [3.63, 3.8) is 0 Å². The lowest BCUT2D eigenvalue weighted by atomic mass is 9.95. The molecule has 3 aromatic heterocycles. The van der Waals surface area contributed by atoms with Crippen molar-refractivity contribution in [2.75, 3.05) is 9.80 Å². The predicted octanol–water partition coefficient (Wildman–Crippen LogP) is 21.1. The Morgan fingerprint density at radius 1 is 0.267 bits per heavy atom. The van der Waals surface area contributed by atoms with Gasteiger partial charge < -0.3 is 18.6 Å². The summed E-state index contributed by atoms with van der Waals surface area (Å²) in [6.07, 6.45) is 0. The van der Waals surface area contributed by atoms with Crippen molar-refractivity contribution in [3.05, 3.63) is 255 Å². The van der Waals surface area contributed by atoms with Gasteiger partial charge in [-0.3, -0.25) is 0 Å². The number of nitrogens with zero attached hydrogens (tertiary/aromatic N) is 2. The summed E-state index contributed by atoms with van der Waals surface area (Å²) in [5.41, 5.74) is 11.9. The minimum Gasteiger partial charge on any atom is -0.454 e. The molecule has 0 amide bonds. The lowest BCUT2D eigenvalue weighted by molar-refractivity contribution is 0.666. The fourth-order valence-electron chi connectivity index (χ4n) is 12.0. The van der Waals surface area contributed by atoms with Gasteiger partial charge in [-0.25, -0.2) is 0 Å². The average molecular weight is 975 g/mol. The number of fused-ring (bicyclic) bond motifs is 15. The van der Waals surface area contributed by atoms with Crippen LogP contribution in [0.15, 0.2) is 264 Å². The van der Waals surface area contributed by atoms with E-state index in [0.717, 1.165) is 94.2 Å². The van der Waals surface area contributed by atoms with Gasteiger partial charge in [0.1, 0.15) is 11.2 Å². The molecule has 0 bridgehead atoms. The summed E-state index contributed by atoms with van der Waals surface area (Å²) in [7, 11) is 0.